The molecule has 0 spiro atoms. The van der Waals surface area contributed by atoms with E-state index in [9.17, 15) is 18.0 Å². The molecule has 44 heavy (non-hydrogen) atoms. The lowest BCUT2D eigenvalue weighted by molar-refractivity contribution is -0.192. The minimum absolute atomic E-state index is 0.139. The van der Waals surface area contributed by atoms with Crippen molar-refractivity contribution in [1.82, 2.24) is 25.6 Å². The molecule has 0 radical (unpaired) electrons. The minimum Gasteiger partial charge on any atom is -0.475 e. The number of aromatic nitrogens is 3. The lowest BCUT2D eigenvalue weighted by atomic mass is 10.0. The number of carboxylic acids is 1. The van der Waals surface area contributed by atoms with Gasteiger partial charge in [-0.15, -0.1) is 11.3 Å². The fourth-order valence-corrected chi connectivity index (χ4v) is 6.22. The second-order valence-corrected chi connectivity index (χ2v) is 11.7. The molecule has 5 N–H and O–H groups in total. The number of thiazole rings is 1. The van der Waals surface area contributed by atoms with Gasteiger partial charge >= 0.3 is 12.1 Å². The molecule has 6 rings (SSSR count). The smallest absolute Gasteiger partial charge is 0.475 e. The zero-order valence-corrected chi connectivity index (χ0v) is 24.7. The third kappa shape index (κ3) is 8.12. The van der Waals surface area contributed by atoms with Gasteiger partial charge in [-0.3, -0.25) is 9.78 Å². The second-order valence-electron chi connectivity index (χ2n) is 10.7. The number of nitrogens with one attached hydrogen (secondary N) is 4. The van der Waals surface area contributed by atoms with E-state index in [4.69, 9.17) is 19.9 Å². The van der Waals surface area contributed by atoms with Gasteiger partial charge < -0.3 is 26.0 Å². The Bertz CT molecular complexity index is 1570. The molecule has 14 heteroatoms. The molecule has 2 saturated heterocycles. The molecule has 2 fully saturated rings. The summed E-state index contributed by atoms with van der Waals surface area (Å²) in [5, 5.41) is 18.6. The van der Waals surface area contributed by atoms with Crippen molar-refractivity contribution in [2.24, 2.45) is 0 Å². The first-order valence-corrected chi connectivity index (χ1v) is 15.3. The summed E-state index contributed by atoms with van der Waals surface area (Å²) in [6, 6.07) is 19.2. The van der Waals surface area contributed by atoms with Crippen molar-refractivity contribution < 1.29 is 23.1 Å². The number of nitrogens with zero attached hydrogens (tertiary/aromatic N) is 3. The SMILES string of the molecule is O=C(O)C(F)(F)F.O=c1[nH]c(N2CCC(NCc3ccccc3)CC2)nc(N[C@@H]2CCCNC2)c1-c1nc2ccccc2s1. The number of aliphatic carboxylic acids is 1. The Hall–Kier alpha value is -4.01. The number of para-hydroxylation sites is 1. The average Bonchev–Trinajstić information content (AvgIpc) is 3.45. The molecule has 2 aromatic heterocycles. The van der Waals surface area contributed by atoms with Gasteiger partial charge in [-0.1, -0.05) is 42.5 Å². The lowest BCUT2D eigenvalue weighted by Crippen LogP contribution is -2.43. The van der Waals surface area contributed by atoms with Gasteiger partial charge in [-0.05, 0) is 49.9 Å². The van der Waals surface area contributed by atoms with Gasteiger partial charge in [0.1, 0.15) is 16.4 Å². The van der Waals surface area contributed by atoms with Gasteiger partial charge in [0.15, 0.2) is 0 Å². The van der Waals surface area contributed by atoms with Crippen LogP contribution in [0.25, 0.3) is 20.8 Å². The summed E-state index contributed by atoms with van der Waals surface area (Å²) < 4.78 is 32.8. The number of aromatic amines is 1. The molecule has 0 saturated carbocycles. The van der Waals surface area contributed by atoms with E-state index >= 15 is 0 Å². The zero-order chi connectivity index (χ0) is 31.1. The summed E-state index contributed by atoms with van der Waals surface area (Å²) in [5.41, 5.74) is 2.60. The van der Waals surface area contributed by atoms with Crippen LogP contribution in [0.3, 0.4) is 0 Å². The third-order valence-corrected chi connectivity index (χ3v) is 8.58. The number of hydrogen-bond acceptors (Lipinski definition) is 9. The Morgan fingerprint density at radius 1 is 1.02 bits per heavy atom. The highest BCUT2D eigenvalue weighted by atomic mass is 32.1. The van der Waals surface area contributed by atoms with Crippen molar-refractivity contribution in [3.8, 4) is 10.6 Å². The number of rotatable bonds is 7. The van der Waals surface area contributed by atoms with E-state index in [1.54, 1.807) is 0 Å². The van der Waals surface area contributed by atoms with Gasteiger partial charge in [0.05, 0.1) is 10.2 Å². The molecule has 0 amide bonds. The fraction of sp³-hybridized carbons (Fsp3) is 0.400. The van der Waals surface area contributed by atoms with Crippen LogP contribution in [0.1, 0.15) is 31.2 Å². The van der Waals surface area contributed by atoms with Crippen molar-refractivity contribution in [2.45, 2.75) is 50.5 Å². The topological polar surface area (TPSA) is 135 Å². The number of carbonyl (C=O) groups is 1. The van der Waals surface area contributed by atoms with Gasteiger partial charge in [-0.25, -0.2) is 9.78 Å². The first-order chi connectivity index (χ1) is 21.2. The number of fused-ring (bicyclic) bond motifs is 1. The summed E-state index contributed by atoms with van der Waals surface area (Å²) >= 11 is 1.54. The molecule has 2 aliphatic heterocycles. The van der Waals surface area contributed by atoms with Crippen molar-refractivity contribution >= 4 is 39.3 Å². The number of carboxylic acid groups (broad SMARTS) is 1. The fourth-order valence-electron chi connectivity index (χ4n) is 5.21. The second kappa shape index (κ2) is 14.2. The number of alkyl halides is 3. The highest BCUT2D eigenvalue weighted by molar-refractivity contribution is 7.21. The molecular formula is C30H34F3N7O3S. The van der Waals surface area contributed by atoms with E-state index < -0.39 is 12.1 Å². The Morgan fingerprint density at radius 2 is 1.73 bits per heavy atom. The maximum Gasteiger partial charge on any atom is 0.490 e. The molecule has 4 aromatic rings. The van der Waals surface area contributed by atoms with E-state index in [2.05, 4.69) is 50.1 Å². The van der Waals surface area contributed by atoms with Crippen LogP contribution in [0.5, 0.6) is 0 Å². The predicted molar refractivity (Wildman–Crippen MR) is 165 cm³/mol. The Labute approximate surface area is 255 Å². The Kier molecular flexibility index (Phi) is 10.1. The van der Waals surface area contributed by atoms with Crippen LogP contribution in [-0.4, -0.2) is 70.5 Å². The number of anilines is 2. The Balaban J connectivity index is 0.000000493. The van der Waals surface area contributed by atoms with Crippen molar-refractivity contribution in [2.75, 3.05) is 36.4 Å². The number of H-pyrrole nitrogens is 1. The maximum atomic E-state index is 13.5. The van der Waals surface area contributed by atoms with Crippen LogP contribution in [0.4, 0.5) is 24.9 Å². The predicted octanol–water partition coefficient (Wildman–Crippen LogP) is 4.60. The standard InChI is InChI=1S/C28H33N7OS.C2HF3O2/c36-26-24(27-32-22-10-4-5-11-23(22)37-27)25(31-21-9-6-14-29-18-21)33-28(34-26)35-15-12-20(13-16-35)30-17-19-7-2-1-3-8-19;3-2(4,5)1(6)7/h1-5,7-8,10-11,20-21,29-30H,6,9,12-18H2,(H2,31,33,34,36);(H,6,7)/t21-;/m1./s1. The molecule has 4 heterocycles. The molecular weight excluding hydrogens is 595 g/mol. The molecule has 10 nitrogen and oxygen atoms in total. The number of halogens is 3. The normalized spacial score (nSPS) is 17.6. The third-order valence-electron chi connectivity index (χ3n) is 7.53. The van der Waals surface area contributed by atoms with E-state index in [0.29, 0.717) is 28.4 Å². The van der Waals surface area contributed by atoms with Crippen LogP contribution in [0.15, 0.2) is 59.4 Å². The molecule has 2 aliphatic rings. The van der Waals surface area contributed by atoms with Gasteiger partial charge in [0.2, 0.25) is 5.95 Å². The Morgan fingerprint density at radius 3 is 2.39 bits per heavy atom. The van der Waals surface area contributed by atoms with Crippen LogP contribution in [0.2, 0.25) is 0 Å². The molecule has 2 aromatic carbocycles. The quantitative estimate of drug-likeness (QED) is 0.199. The number of hydrogen-bond donors (Lipinski definition) is 5. The van der Waals surface area contributed by atoms with E-state index in [1.807, 2.05) is 30.3 Å². The number of benzene rings is 2. The molecule has 1 atom stereocenters. The van der Waals surface area contributed by atoms with Crippen LogP contribution in [0, 0.1) is 0 Å². The monoisotopic (exact) mass is 629 g/mol. The first kappa shape index (κ1) is 31.4. The summed E-state index contributed by atoms with van der Waals surface area (Å²) in [5.74, 6) is -1.48. The first-order valence-electron chi connectivity index (χ1n) is 14.5. The van der Waals surface area contributed by atoms with Gasteiger partial charge in [0.25, 0.3) is 5.56 Å². The molecule has 0 unspecified atom stereocenters. The summed E-state index contributed by atoms with van der Waals surface area (Å²) in [4.78, 5) is 37.5. The summed E-state index contributed by atoms with van der Waals surface area (Å²) in [7, 11) is 0. The largest absolute Gasteiger partial charge is 0.490 e. The molecule has 234 valence electrons. The van der Waals surface area contributed by atoms with Crippen molar-refractivity contribution in [3.05, 3.63) is 70.5 Å². The summed E-state index contributed by atoms with van der Waals surface area (Å²) in [6.07, 6.45) is -0.917. The highest BCUT2D eigenvalue weighted by Gasteiger charge is 2.38. The van der Waals surface area contributed by atoms with Crippen molar-refractivity contribution in [3.63, 3.8) is 0 Å². The molecule has 0 bridgehead atoms. The van der Waals surface area contributed by atoms with Gasteiger partial charge in [0, 0.05) is 38.3 Å². The average molecular weight is 630 g/mol. The van der Waals surface area contributed by atoms with E-state index in [0.717, 1.165) is 68.6 Å². The van der Waals surface area contributed by atoms with Gasteiger partial charge in [-0.2, -0.15) is 18.2 Å². The number of piperidine rings is 2. The van der Waals surface area contributed by atoms with Crippen molar-refractivity contribution in [1.29, 1.82) is 0 Å². The highest BCUT2D eigenvalue weighted by Crippen LogP contribution is 2.33. The van der Waals surface area contributed by atoms with E-state index in [1.165, 1.54) is 16.9 Å². The summed E-state index contributed by atoms with van der Waals surface area (Å²) in [6.45, 7) is 4.47. The lowest BCUT2D eigenvalue weighted by Gasteiger charge is -2.33. The van der Waals surface area contributed by atoms with Crippen LogP contribution < -0.4 is 26.4 Å². The molecule has 0 aliphatic carbocycles. The zero-order valence-electron chi connectivity index (χ0n) is 23.9. The van der Waals surface area contributed by atoms with Crippen LogP contribution in [-0.2, 0) is 11.3 Å². The van der Waals surface area contributed by atoms with Crippen LogP contribution >= 0.6 is 11.3 Å². The minimum atomic E-state index is -5.08. The van der Waals surface area contributed by atoms with E-state index in [-0.39, 0.29) is 11.6 Å². The maximum absolute atomic E-state index is 13.5.